The van der Waals surface area contributed by atoms with Crippen LogP contribution in [0.2, 0.25) is 0 Å². The Balaban J connectivity index is -0.000000256. The molecule has 0 aromatic rings. The highest BCUT2D eigenvalue weighted by molar-refractivity contribution is 7.80. The Morgan fingerprint density at radius 3 is 1.67 bits per heavy atom. The summed E-state index contributed by atoms with van der Waals surface area (Å²) in [6, 6.07) is 0. The third-order valence-corrected chi connectivity index (χ3v) is 3.09. The first kappa shape index (κ1) is 25.4. The predicted molar refractivity (Wildman–Crippen MR) is 94.5 cm³/mol. The highest BCUT2D eigenvalue weighted by Crippen LogP contribution is 1.98. The van der Waals surface area contributed by atoms with E-state index < -0.39 is 14.7 Å². The molecule has 0 saturated carbocycles. The van der Waals surface area contributed by atoms with Gasteiger partial charge in [-0.1, -0.05) is 26.2 Å². The maximum absolute atomic E-state index is 7.56. The Labute approximate surface area is 139 Å². The molecule has 10 heteroatoms. The van der Waals surface area contributed by atoms with Gasteiger partial charge in [0.25, 0.3) is 10.3 Å². The van der Waals surface area contributed by atoms with Crippen LogP contribution in [0.4, 0.5) is 0 Å². The first-order chi connectivity index (χ1) is 9.85. The minimum atomic E-state index is -1.67. The maximum atomic E-state index is 7.56. The Bertz CT molecular complexity index is 237. The fourth-order valence-corrected chi connectivity index (χ4v) is 1.65. The average molecular weight is 361 g/mol. The van der Waals surface area contributed by atoms with Gasteiger partial charge in [0.1, 0.15) is 0 Å². The molecule has 0 aliphatic rings. The molecular weight excluding hydrogens is 332 g/mol. The van der Waals surface area contributed by atoms with Gasteiger partial charge in [-0.05, 0) is 30.9 Å². The normalized spacial score (nSPS) is 9.00. The second-order valence-corrected chi connectivity index (χ2v) is 6.37. The molecule has 21 heavy (non-hydrogen) atoms. The van der Waals surface area contributed by atoms with Crippen LogP contribution in [0.25, 0.3) is 0 Å². The molecule has 0 unspecified atom stereocenters. The van der Waals surface area contributed by atoms with Crippen molar-refractivity contribution >= 4 is 44.3 Å². The van der Waals surface area contributed by atoms with Gasteiger partial charge in [-0.3, -0.25) is 0 Å². The molecule has 0 spiro atoms. The summed E-state index contributed by atoms with van der Waals surface area (Å²) in [5.41, 5.74) is 9.51. The molecule has 0 aliphatic carbocycles. The van der Waals surface area contributed by atoms with Crippen molar-refractivity contribution in [1.29, 1.82) is 0 Å². The highest BCUT2D eigenvalue weighted by atomic mass is 32.1. The summed E-state index contributed by atoms with van der Waals surface area (Å²) in [5.74, 6) is 0. The lowest BCUT2D eigenvalue weighted by Crippen LogP contribution is -2.21. The molecule has 0 bridgehead atoms. The lowest BCUT2D eigenvalue weighted by molar-refractivity contribution is 0.163. The molecule has 128 valence electrons. The number of unbranched alkanes of at least 4 members (excludes halogenated alkanes) is 3. The van der Waals surface area contributed by atoms with Gasteiger partial charge in [-0.2, -0.15) is 0 Å². The number of aliphatic hydroxyl groups is 1. The van der Waals surface area contributed by atoms with Crippen LogP contribution in [0.1, 0.15) is 32.6 Å². The van der Waals surface area contributed by atoms with Crippen molar-refractivity contribution < 1.29 is 23.1 Å². The van der Waals surface area contributed by atoms with Crippen molar-refractivity contribution in [2.24, 2.45) is 11.5 Å². The van der Waals surface area contributed by atoms with Crippen molar-refractivity contribution in [1.82, 2.24) is 0 Å². The third-order valence-electron chi connectivity index (χ3n) is 1.82. The van der Waals surface area contributed by atoms with E-state index in [1.807, 2.05) is 0 Å². The zero-order chi connectivity index (χ0) is 17.1. The Kier molecular flexibility index (Phi) is 26.4. The molecular formula is C11H28N2O5S2Si. The summed E-state index contributed by atoms with van der Waals surface area (Å²) in [6.45, 7) is 2.85. The fraction of sp³-hybridized carbons (Fsp3) is 0.818. The van der Waals surface area contributed by atoms with Crippen LogP contribution in [0.5, 0.6) is 0 Å². The molecule has 0 heterocycles. The minimum absolute atomic E-state index is 0.163. The number of hydrogen-bond acceptors (Lipinski definition) is 6. The van der Waals surface area contributed by atoms with E-state index in [9.17, 15) is 0 Å². The smallest absolute Gasteiger partial charge is 0.483 e. The average Bonchev–Trinajstić information content (AvgIpc) is 2.40. The Hall–Kier alpha value is -0.523. The van der Waals surface area contributed by atoms with E-state index in [1.54, 1.807) is 21.3 Å². The second kappa shape index (κ2) is 21.8. The van der Waals surface area contributed by atoms with Crippen LogP contribution < -0.4 is 11.5 Å². The van der Waals surface area contributed by atoms with E-state index in [0.717, 1.165) is 6.42 Å². The molecule has 5 N–H and O–H groups in total. The summed E-state index contributed by atoms with van der Waals surface area (Å²) in [6.07, 6.45) is 4.78. The first-order valence-electron chi connectivity index (χ1n) is 6.34. The molecule has 0 rings (SSSR count). The van der Waals surface area contributed by atoms with Gasteiger partial charge in [0.15, 0.2) is 0 Å². The number of rotatable bonds is 8. The molecule has 0 radical (unpaired) electrons. The van der Waals surface area contributed by atoms with Crippen LogP contribution in [-0.4, -0.2) is 52.9 Å². The number of aliphatic hydroxyl groups excluding tert-OH is 1. The van der Waals surface area contributed by atoms with Crippen molar-refractivity contribution in [3.8, 4) is 0 Å². The second-order valence-electron chi connectivity index (χ2n) is 3.56. The highest BCUT2D eigenvalue weighted by Gasteiger charge is 2.04. The van der Waals surface area contributed by atoms with Crippen LogP contribution in [-0.2, 0) is 18.0 Å². The van der Waals surface area contributed by atoms with Crippen molar-refractivity contribution in [2.45, 2.75) is 32.6 Å². The van der Waals surface area contributed by atoms with Gasteiger partial charge in [0.2, 0.25) is 0 Å². The molecule has 0 fully saturated rings. The standard InChI is InChI=1S/C7H15NOS.C3H10O3Si.CH3NOS/c1-2-3-4-5-6-9-7(8)10;1-4-7(5-2)6-3;2-1(3)4/h2-6H2,1H3,(H2,8,10);7H,1-3H3;(H3,2,3,4). The monoisotopic (exact) mass is 360 g/mol. The SMILES string of the molecule is CCCCCCOC(N)=S.CO[SiH](OC)OC.NC(O)=S. The van der Waals surface area contributed by atoms with Crippen molar-refractivity contribution in [3.05, 3.63) is 0 Å². The molecule has 7 nitrogen and oxygen atoms in total. The lowest BCUT2D eigenvalue weighted by Gasteiger charge is -2.05. The zero-order valence-corrected chi connectivity index (χ0v) is 16.0. The van der Waals surface area contributed by atoms with Crippen LogP contribution in [0.3, 0.4) is 0 Å². The third kappa shape index (κ3) is 38.2. The summed E-state index contributed by atoms with van der Waals surface area (Å²) < 4.78 is 19.1. The van der Waals surface area contributed by atoms with Crippen molar-refractivity contribution in [2.75, 3.05) is 27.9 Å². The van der Waals surface area contributed by atoms with Crippen molar-refractivity contribution in [3.63, 3.8) is 0 Å². The molecule has 0 amide bonds. The minimum Gasteiger partial charge on any atom is -0.487 e. The summed E-state index contributed by atoms with van der Waals surface area (Å²) in [7, 11) is 3.05. The zero-order valence-electron chi connectivity index (χ0n) is 13.2. The number of nitrogens with two attached hydrogens (primary N) is 2. The number of ether oxygens (including phenoxy) is 1. The quantitative estimate of drug-likeness (QED) is 0.335. The maximum Gasteiger partial charge on any atom is 0.483 e. The first-order valence-corrected chi connectivity index (χ1v) is 8.57. The number of hydrogen-bond donors (Lipinski definition) is 3. The summed E-state index contributed by atoms with van der Waals surface area (Å²) >= 11 is 8.40. The Morgan fingerprint density at radius 2 is 1.43 bits per heavy atom. The van der Waals surface area contributed by atoms with E-state index in [-0.39, 0.29) is 5.17 Å². The molecule has 0 aromatic carbocycles. The van der Waals surface area contributed by atoms with E-state index in [4.69, 9.17) is 28.9 Å². The molecule has 0 saturated heterocycles. The van der Waals surface area contributed by atoms with Crippen LogP contribution in [0.15, 0.2) is 0 Å². The van der Waals surface area contributed by atoms with E-state index in [1.165, 1.54) is 19.3 Å². The van der Waals surface area contributed by atoms with E-state index >= 15 is 0 Å². The lowest BCUT2D eigenvalue weighted by atomic mass is 10.2. The van der Waals surface area contributed by atoms with Gasteiger partial charge in [-0.15, -0.1) is 0 Å². The van der Waals surface area contributed by atoms with Gasteiger partial charge < -0.3 is 34.6 Å². The summed E-state index contributed by atoms with van der Waals surface area (Å²) in [4.78, 5) is 0. The molecule has 0 atom stereocenters. The van der Waals surface area contributed by atoms with Gasteiger partial charge in [0, 0.05) is 21.3 Å². The largest absolute Gasteiger partial charge is 0.487 e. The Morgan fingerprint density at radius 1 is 1.00 bits per heavy atom. The van der Waals surface area contributed by atoms with E-state index in [2.05, 4.69) is 37.1 Å². The molecule has 0 aromatic heterocycles. The number of thiocarbonyl (C=S) groups is 2. The van der Waals surface area contributed by atoms with Gasteiger partial charge in [0.05, 0.1) is 6.61 Å². The van der Waals surface area contributed by atoms with Crippen LogP contribution >= 0.6 is 24.4 Å². The predicted octanol–water partition coefficient (Wildman–Crippen LogP) is 1.26. The molecule has 0 aliphatic heterocycles. The van der Waals surface area contributed by atoms with E-state index in [0.29, 0.717) is 6.61 Å². The summed E-state index contributed by atoms with van der Waals surface area (Å²) in [5, 5.41) is 7.23. The van der Waals surface area contributed by atoms with Crippen LogP contribution in [0, 0.1) is 0 Å². The van der Waals surface area contributed by atoms with Gasteiger partial charge in [-0.25, -0.2) is 0 Å². The van der Waals surface area contributed by atoms with Gasteiger partial charge >= 0.3 is 9.53 Å². The fourth-order valence-electron chi connectivity index (χ4n) is 0.990. The topological polar surface area (TPSA) is 109 Å².